The molecule has 0 aromatic heterocycles. The van der Waals surface area contributed by atoms with Crippen molar-refractivity contribution in [3.63, 3.8) is 0 Å². The number of hydrogen-bond acceptors (Lipinski definition) is 2. The maximum absolute atomic E-state index is 12.7. The molecule has 0 aliphatic carbocycles. The van der Waals surface area contributed by atoms with Gasteiger partial charge in [-0.3, -0.25) is 4.79 Å². The van der Waals surface area contributed by atoms with Crippen molar-refractivity contribution in [3.8, 4) is 0 Å². The molecule has 0 unspecified atom stereocenters. The van der Waals surface area contributed by atoms with Gasteiger partial charge in [0.2, 0.25) is 0 Å². The van der Waals surface area contributed by atoms with Crippen LogP contribution in [-0.2, 0) is 4.79 Å². The van der Waals surface area contributed by atoms with Crippen molar-refractivity contribution < 1.29 is 32.3 Å². The van der Waals surface area contributed by atoms with Crippen molar-refractivity contribution >= 4 is 12.0 Å². The molecule has 2 amide bonds. The van der Waals surface area contributed by atoms with E-state index in [1.807, 2.05) is 0 Å². The van der Waals surface area contributed by atoms with Crippen molar-refractivity contribution in [2.24, 2.45) is 0 Å². The molecule has 0 spiro atoms. The zero-order valence-corrected chi connectivity index (χ0v) is 11.2. The van der Waals surface area contributed by atoms with Crippen molar-refractivity contribution in [1.29, 1.82) is 0 Å². The fourth-order valence-corrected chi connectivity index (χ4v) is 1.37. The van der Waals surface area contributed by atoms with E-state index in [1.54, 1.807) is 19.2 Å². The summed E-state index contributed by atoms with van der Waals surface area (Å²) in [7, 11) is 0. The zero-order chi connectivity index (χ0) is 15.9. The van der Waals surface area contributed by atoms with Crippen LogP contribution in [0.2, 0.25) is 0 Å². The number of hydrogen-bond donors (Lipinski definition) is 2. The summed E-state index contributed by atoms with van der Waals surface area (Å²) in [6.45, 7) is 1.78. The van der Waals surface area contributed by atoms with Gasteiger partial charge in [-0.2, -0.15) is 8.78 Å². The molecule has 20 heavy (non-hydrogen) atoms. The number of carboxylic acids is 1. The zero-order valence-electron chi connectivity index (χ0n) is 11.2. The van der Waals surface area contributed by atoms with Crippen molar-refractivity contribution in [2.75, 3.05) is 13.1 Å². The highest BCUT2D eigenvalue weighted by Gasteiger charge is 2.41. The third-order valence-electron chi connectivity index (χ3n) is 2.47. The van der Waals surface area contributed by atoms with Gasteiger partial charge in [-0.15, -0.1) is 0 Å². The normalized spacial score (nSPS) is 11.8. The van der Waals surface area contributed by atoms with Crippen LogP contribution < -0.4 is 5.32 Å². The van der Waals surface area contributed by atoms with Crippen molar-refractivity contribution in [2.45, 2.75) is 45.1 Å². The number of carbonyl (C=O) groups is 2. The Morgan fingerprint density at radius 1 is 1.30 bits per heavy atom. The molecular formula is C11H18F4N2O3. The lowest BCUT2D eigenvalue weighted by atomic mass is 10.2. The Bertz CT molecular complexity index is 338. The van der Waals surface area contributed by atoms with E-state index in [0.29, 0.717) is 0 Å². The van der Waals surface area contributed by atoms with E-state index in [9.17, 15) is 27.2 Å². The fourth-order valence-electron chi connectivity index (χ4n) is 1.37. The summed E-state index contributed by atoms with van der Waals surface area (Å²) in [6.07, 6.45) is -3.89. The first-order valence-corrected chi connectivity index (χ1v) is 6.00. The molecule has 2 N–H and O–H groups in total. The number of urea groups is 1. The quantitative estimate of drug-likeness (QED) is 0.675. The highest BCUT2D eigenvalue weighted by atomic mass is 19.3. The van der Waals surface area contributed by atoms with Gasteiger partial charge >= 0.3 is 24.3 Å². The molecule has 0 bridgehead atoms. The SMILES string of the molecule is CC(C)N(CCCC(=O)O)C(=O)NCC(F)(F)C(F)F. The smallest absolute Gasteiger partial charge is 0.324 e. The van der Waals surface area contributed by atoms with E-state index < -0.39 is 30.9 Å². The molecule has 0 aliphatic rings. The molecule has 0 saturated carbocycles. The molecule has 0 aromatic rings. The lowest BCUT2D eigenvalue weighted by molar-refractivity contribution is -0.137. The van der Waals surface area contributed by atoms with Crippen molar-refractivity contribution in [3.05, 3.63) is 0 Å². The van der Waals surface area contributed by atoms with Crippen LogP contribution in [0.15, 0.2) is 0 Å². The van der Waals surface area contributed by atoms with Crippen LogP contribution >= 0.6 is 0 Å². The number of aliphatic carboxylic acids is 1. The fraction of sp³-hybridized carbons (Fsp3) is 0.818. The minimum absolute atomic E-state index is 0.0377. The molecule has 0 aromatic carbocycles. The summed E-state index contributed by atoms with van der Waals surface area (Å²) in [6, 6.07) is -1.30. The predicted octanol–water partition coefficient (Wildman–Crippen LogP) is 2.17. The Labute approximate surface area is 113 Å². The Hall–Kier alpha value is -1.54. The second kappa shape index (κ2) is 7.91. The number of nitrogens with zero attached hydrogens (tertiary/aromatic N) is 1. The molecule has 0 heterocycles. The number of alkyl halides is 4. The third kappa shape index (κ3) is 6.58. The van der Waals surface area contributed by atoms with Gasteiger partial charge in [0.05, 0.1) is 6.54 Å². The van der Waals surface area contributed by atoms with Crippen LogP contribution in [0.5, 0.6) is 0 Å². The molecule has 118 valence electrons. The Morgan fingerprint density at radius 3 is 2.25 bits per heavy atom. The number of nitrogens with one attached hydrogen (secondary N) is 1. The molecule has 0 radical (unpaired) electrons. The van der Waals surface area contributed by atoms with Crippen LogP contribution in [0.4, 0.5) is 22.4 Å². The number of amides is 2. The number of halogens is 4. The van der Waals surface area contributed by atoms with Gasteiger partial charge in [-0.1, -0.05) is 0 Å². The third-order valence-corrected chi connectivity index (χ3v) is 2.47. The predicted molar refractivity (Wildman–Crippen MR) is 63.1 cm³/mol. The van der Waals surface area contributed by atoms with Gasteiger partial charge in [-0.05, 0) is 20.3 Å². The van der Waals surface area contributed by atoms with Gasteiger partial charge in [0.25, 0.3) is 0 Å². The molecule has 0 fully saturated rings. The molecule has 0 atom stereocenters. The Morgan fingerprint density at radius 2 is 1.85 bits per heavy atom. The van der Waals surface area contributed by atoms with Gasteiger partial charge < -0.3 is 15.3 Å². The van der Waals surface area contributed by atoms with Crippen LogP contribution in [0.25, 0.3) is 0 Å². The molecule has 0 rings (SSSR count). The van der Waals surface area contributed by atoms with Gasteiger partial charge in [0, 0.05) is 19.0 Å². The van der Waals surface area contributed by atoms with E-state index in [0.717, 1.165) is 4.90 Å². The van der Waals surface area contributed by atoms with E-state index in [2.05, 4.69) is 0 Å². The standard InChI is InChI=1S/C11H18F4N2O3/c1-7(2)17(5-3-4-8(18)19)10(20)16-6-11(14,15)9(12)13/h7,9H,3-6H2,1-2H3,(H,16,20)(H,18,19). The van der Waals surface area contributed by atoms with E-state index >= 15 is 0 Å². The minimum Gasteiger partial charge on any atom is -0.481 e. The first kappa shape index (κ1) is 18.5. The Balaban J connectivity index is 4.40. The van der Waals surface area contributed by atoms with Crippen LogP contribution in [0, 0.1) is 0 Å². The Kier molecular flexibility index (Phi) is 7.30. The molecular weight excluding hydrogens is 284 g/mol. The molecule has 9 heteroatoms. The summed E-state index contributed by atoms with van der Waals surface area (Å²) in [5.74, 6) is -5.34. The average Bonchev–Trinajstić information content (AvgIpc) is 2.30. The molecule has 0 saturated heterocycles. The number of rotatable bonds is 8. The first-order chi connectivity index (χ1) is 9.08. The minimum atomic E-state index is -4.29. The largest absolute Gasteiger partial charge is 0.481 e. The topological polar surface area (TPSA) is 69.6 Å². The van der Waals surface area contributed by atoms with Gasteiger partial charge in [0.1, 0.15) is 0 Å². The summed E-state index contributed by atoms with van der Waals surface area (Å²) >= 11 is 0. The maximum atomic E-state index is 12.7. The van der Waals surface area contributed by atoms with Gasteiger partial charge in [0.15, 0.2) is 0 Å². The lowest BCUT2D eigenvalue weighted by Gasteiger charge is -2.27. The second-order valence-electron chi connectivity index (χ2n) is 4.50. The maximum Gasteiger partial charge on any atom is 0.324 e. The van der Waals surface area contributed by atoms with Gasteiger partial charge in [-0.25, -0.2) is 13.6 Å². The highest BCUT2D eigenvalue weighted by Crippen LogP contribution is 2.21. The number of carbonyl (C=O) groups excluding carboxylic acids is 1. The highest BCUT2D eigenvalue weighted by molar-refractivity contribution is 5.74. The van der Waals surface area contributed by atoms with E-state index in [4.69, 9.17) is 5.11 Å². The summed E-state index contributed by atoms with van der Waals surface area (Å²) in [4.78, 5) is 23.1. The monoisotopic (exact) mass is 302 g/mol. The second-order valence-corrected chi connectivity index (χ2v) is 4.50. The van der Waals surface area contributed by atoms with Crippen LogP contribution in [0.1, 0.15) is 26.7 Å². The van der Waals surface area contributed by atoms with Crippen LogP contribution in [-0.4, -0.2) is 53.5 Å². The molecule has 5 nitrogen and oxygen atoms in total. The summed E-state index contributed by atoms with van der Waals surface area (Å²) in [5.41, 5.74) is 0. The summed E-state index contributed by atoms with van der Waals surface area (Å²) < 4.78 is 49.2. The summed E-state index contributed by atoms with van der Waals surface area (Å²) in [5, 5.41) is 10.2. The average molecular weight is 302 g/mol. The van der Waals surface area contributed by atoms with Crippen LogP contribution in [0.3, 0.4) is 0 Å². The lowest BCUT2D eigenvalue weighted by Crippen LogP contribution is -2.49. The molecule has 0 aliphatic heterocycles. The first-order valence-electron chi connectivity index (χ1n) is 6.00. The van der Waals surface area contributed by atoms with E-state index in [1.165, 1.54) is 0 Å². The number of carboxylic acid groups (broad SMARTS) is 1. The van der Waals surface area contributed by atoms with E-state index in [-0.39, 0.29) is 25.4 Å². The van der Waals surface area contributed by atoms with Crippen molar-refractivity contribution in [1.82, 2.24) is 10.2 Å².